The maximum absolute atomic E-state index is 12.8. The Morgan fingerprint density at radius 1 is 1.07 bits per heavy atom. The standard InChI is InChI=1S/C20H21N5O2/c1-15-22-19(27-23-15)16-5-7-17(8-6-16)20(26)25-12-10-24(11-13-25)14-18-4-2-3-9-21-18/h2-9H,10-14H2,1H3. The van der Waals surface area contributed by atoms with Crippen LogP contribution in [0.25, 0.3) is 11.5 Å². The summed E-state index contributed by atoms with van der Waals surface area (Å²) >= 11 is 0. The van der Waals surface area contributed by atoms with E-state index in [4.69, 9.17) is 4.52 Å². The summed E-state index contributed by atoms with van der Waals surface area (Å²) in [4.78, 5) is 25.6. The zero-order chi connectivity index (χ0) is 18.6. The molecule has 3 aromatic rings. The van der Waals surface area contributed by atoms with Crippen LogP contribution in [0.1, 0.15) is 21.9 Å². The number of rotatable bonds is 4. The fraction of sp³-hybridized carbons (Fsp3) is 0.300. The van der Waals surface area contributed by atoms with Crippen LogP contribution in [0.4, 0.5) is 0 Å². The quantitative estimate of drug-likeness (QED) is 0.709. The lowest BCUT2D eigenvalue weighted by molar-refractivity contribution is 0.0627. The fourth-order valence-electron chi connectivity index (χ4n) is 3.18. The lowest BCUT2D eigenvalue weighted by Crippen LogP contribution is -2.48. The van der Waals surface area contributed by atoms with E-state index in [0.717, 1.165) is 44.0 Å². The Hall–Kier alpha value is -3.06. The minimum atomic E-state index is 0.0562. The number of amides is 1. The second-order valence-electron chi connectivity index (χ2n) is 6.61. The second-order valence-corrected chi connectivity index (χ2v) is 6.61. The van der Waals surface area contributed by atoms with Crippen molar-refractivity contribution in [3.05, 3.63) is 65.7 Å². The Kier molecular flexibility index (Phi) is 4.93. The van der Waals surface area contributed by atoms with Crippen molar-refractivity contribution in [1.29, 1.82) is 0 Å². The van der Waals surface area contributed by atoms with E-state index in [-0.39, 0.29) is 5.91 Å². The molecule has 7 nitrogen and oxygen atoms in total. The highest BCUT2D eigenvalue weighted by molar-refractivity contribution is 5.94. The van der Waals surface area contributed by atoms with E-state index >= 15 is 0 Å². The summed E-state index contributed by atoms with van der Waals surface area (Å²) in [6, 6.07) is 13.3. The summed E-state index contributed by atoms with van der Waals surface area (Å²) in [6.45, 7) is 5.73. The normalized spacial score (nSPS) is 15.1. The van der Waals surface area contributed by atoms with Gasteiger partial charge in [0.15, 0.2) is 5.82 Å². The number of aryl methyl sites for hydroxylation is 1. The summed E-state index contributed by atoms with van der Waals surface area (Å²) in [5.41, 5.74) is 2.55. The summed E-state index contributed by atoms with van der Waals surface area (Å²) < 4.78 is 5.16. The largest absolute Gasteiger partial charge is 0.336 e. The van der Waals surface area contributed by atoms with E-state index in [9.17, 15) is 4.79 Å². The number of aromatic nitrogens is 3. The van der Waals surface area contributed by atoms with Gasteiger partial charge in [-0.15, -0.1) is 0 Å². The van der Waals surface area contributed by atoms with Crippen molar-refractivity contribution >= 4 is 5.91 Å². The van der Waals surface area contributed by atoms with Gasteiger partial charge < -0.3 is 9.42 Å². The summed E-state index contributed by atoms with van der Waals surface area (Å²) in [7, 11) is 0. The van der Waals surface area contributed by atoms with Crippen molar-refractivity contribution in [3.8, 4) is 11.5 Å². The predicted octanol–water partition coefficient (Wildman–Crippen LogP) is 2.40. The molecule has 1 amide bonds. The van der Waals surface area contributed by atoms with E-state index in [1.807, 2.05) is 53.6 Å². The molecular weight excluding hydrogens is 342 g/mol. The Labute approximate surface area is 157 Å². The SMILES string of the molecule is Cc1noc(-c2ccc(C(=O)N3CCN(Cc4ccccn4)CC3)cc2)n1. The molecule has 27 heavy (non-hydrogen) atoms. The molecule has 0 saturated carbocycles. The number of carbonyl (C=O) groups is 1. The molecule has 0 spiro atoms. The lowest BCUT2D eigenvalue weighted by atomic mass is 10.1. The Bertz CT molecular complexity index is 900. The highest BCUT2D eigenvalue weighted by Crippen LogP contribution is 2.19. The second kappa shape index (κ2) is 7.67. The number of nitrogens with zero attached hydrogens (tertiary/aromatic N) is 5. The summed E-state index contributed by atoms with van der Waals surface area (Å²) in [5, 5.41) is 3.79. The Morgan fingerprint density at radius 2 is 1.85 bits per heavy atom. The Morgan fingerprint density at radius 3 is 2.48 bits per heavy atom. The molecule has 1 saturated heterocycles. The third kappa shape index (κ3) is 4.03. The van der Waals surface area contributed by atoms with Gasteiger partial charge in [0.1, 0.15) is 0 Å². The highest BCUT2D eigenvalue weighted by Gasteiger charge is 2.22. The molecule has 7 heteroatoms. The Balaban J connectivity index is 1.35. The molecule has 0 aliphatic carbocycles. The first-order valence-electron chi connectivity index (χ1n) is 9.01. The average Bonchev–Trinajstić information content (AvgIpc) is 3.15. The van der Waals surface area contributed by atoms with Gasteiger partial charge in [0.25, 0.3) is 11.8 Å². The molecule has 3 heterocycles. The molecule has 0 bridgehead atoms. The van der Waals surface area contributed by atoms with Crippen molar-refractivity contribution in [2.75, 3.05) is 26.2 Å². The first-order valence-corrected chi connectivity index (χ1v) is 9.01. The van der Waals surface area contributed by atoms with Crippen molar-refractivity contribution < 1.29 is 9.32 Å². The first kappa shape index (κ1) is 17.4. The van der Waals surface area contributed by atoms with Crippen molar-refractivity contribution in [2.24, 2.45) is 0 Å². The minimum Gasteiger partial charge on any atom is -0.336 e. The molecule has 1 aliphatic rings. The average molecular weight is 363 g/mol. The number of hydrogen-bond acceptors (Lipinski definition) is 6. The number of hydrogen-bond donors (Lipinski definition) is 0. The van der Waals surface area contributed by atoms with Crippen LogP contribution in [0, 0.1) is 6.92 Å². The van der Waals surface area contributed by atoms with Crippen LogP contribution >= 0.6 is 0 Å². The molecule has 1 aliphatic heterocycles. The van der Waals surface area contributed by atoms with Gasteiger partial charge in [0, 0.05) is 50.0 Å². The molecule has 1 fully saturated rings. The first-order chi connectivity index (χ1) is 13.2. The molecule has 4 rings (SSSR count). The maximum Gasteiger partial charge on any atom is 0.257 e. The molecular formula is C20H21N5O2. The monoisotopic (exact) mass is 363 g/mol. The molecule has 138 valence electrons. The molecule has 1 aromatic carbocycles. The van der Waals surface area contributed by atoms with Gasteiger partial charge in [-0.05, 0) is 43.3 Å². The number of pyridine rings is 1. The number of carbonyl (C=O) groups excluding carboxylic acids is 1. The van der Waals surface area contributed by atoms with Crippen LogP contribution in [0.2, 0.25) is 0 Å². The van der Waals surface area contributed by atoms with Gasteiger partial charge >= 0.3 is 0 Å². The van der Waals surface area contributed by atoms with Gasteiger partial charge in [0.05, 0.1) is 5.69 Å². The summed E-state index contributed by atoms with van der Waals surface area (Å²) in [6.07, 6.45) is 1.81. The van der Waals surface area contributed by atoms with Gasteiger partial charge in [-0.2, -0.15) is 4.98 Å². The topological polar surface area (TPSA) is 75.4 Å². The van der Waals surface area contributed by atoms with E-state index in [1.165, 1.54) is 0 Å². The van der Waals surface area contributed by atoms with Gasteiger partial charge in [-0.25, -0.2) is 0 Å². The van der Waals surface area contributed by atoms with Crippen molar-refractivity contribution in [3.63, 3.8) is 0 Å². The zero-order valence-electron chi connectivity index (χ0n) is 15.2. The molecule has 0 N–H and O–H groups in total. The maximum atomic E-state index is 12.8. The highest BCUT2D eigenvalue weighted by atomic mass is 16.5. The van der Waals surface area contributed by atoms with Crippen LogP contribution in [0.5, 0.6) is 0 Å². The smallest absolute Gasteiger partial charge is 0.257 e. The van der Waals surface area contributed by atoms with Crippen LogP contribution in [-0.4, -0.2) is 57.0 Å². The van der Waals surface area contributed by atoms with Crippen LogP contribution < -0.4 is 0 Å². The summed E-state index contributed by atoms with van der Waals surface area (Å²) in [5.74, 6) is 1.11. The van der Waals surface area contributed by atoms with E-state index in [1.54, 1.807) is 6.92 Å². The van der Waals surface area contributed by atoms with Crippen LogP contribution in [-0.2, 0) is 6.54 Å². The van der Waals surface area contributed by atoms with Crippen LogP contribution in [0.15, 0.2) is 53.2 Å². The lowest BCUT2D eigenvalue weighted by Gasteiger charge is -2.34. The number of benzene rings is 1. The number of piperazine rings is 1. The molecule has 2 aromatic heterocycles. The van der Waals surface area contributed by atoms with Gasteiger partial charge in [-0.3, -0.25) is 14.7 Å². The van der Waals surface area contributed by atoms with Crippen LogP contribution in [0.3, 0.4) is 0 Å². The molecule has 0 unspecified atom stereocenters. The molecule has 0 atom stereocenters. The molecule has 0 radical (unpaired) electrons. The van der Waals surface area contributed by atoms with E-state index in [0.29, 0.717) is 17.3 Å². The van der Waals surface area contributed by atoms with E-state index < -0.39 is 0 Å². The minimum absolute atomic E-state index is 0.0562. The third-order valence-electron chi connectivity index (χ3n) is 4.68. The van der Waals surface area contributed by atoms with Gasteiger partial charge in [0.2, 0.25) is 0 Å². The van der Waals surface area contributed by atoms with E-state index in [2.05, 4.69) is 20.0 Å². The van der Waals surface area contributed by atoms with Crippen molar-refractivity contribution in [1.82, 2.24) is 24.9 Å². The fourth-order valence-corrected chi connectivity index (χ4v) is 3.18. The third-order valence-corrected chi connectivity index (χ3v) is 4.68. The van der Waals surface area contributed by atoms with Crippen molar-refractivity contribution in [2.45, 2.75) is 13.5 Å². The zero-order valence-corrected chi connectivity index (χ0v) is 15.2. The van der Waals surface area contributed by atoms with Gasteiger partial charge in [-0.1, -0.05) is 11.2 Å². The predicted molar refractivity (Wildman–Crippen MR) is 99.9 cm³/mol.